The average molecular weight is 502 g/mol. The Labute approximate surface area is 186 Å². The first-order valence-corrected chi connectivity index (χ1v) is 10.2. The van der Waals surface area contributed by atoms with Gasteiger partial charge in [0.15, 0.2) is 5.96 Å². The summed E-state index contributed by atoms with van der Waals surface area (Å²) in [6.07, 6.45) is 6.51. The van der Waals surface area contributed by atoms with E-state index in [1.165, 1.54) is 37.7 Å². The van der Waals surface area contributed by atoms with Crippen LogP contribution in [0.2, 0.25) is 0 Å². The van der Waals surface area contributed by atoms with Crippen LogP contribution in [0.5, 0.6) is 5.75 Å². The molecule has 0 spiro atoms. The molecule has 3 rings (SSSR count). The molecule has 1 heterocycles. The van der Waals surface area contributed by atoms with Crippen LogP contribution in [0.4, 0.5) is 0 Å². The highest BCUT2D eigenvalue weighted by atomic mass is 127. The maximum Gasteiger partial charge on any atom is 0.191 e. The third-order valence-corrected chi connectivity index (χ3v) is 5.89. The first-order valence-electron chi connectivity index (χ1n) is 10.2. The summed E-state index contributed by atoms with van der Waals surface area (Å²) in [6, 6.07) is 8.14. The van der Waals surface area contributed by atoms with E-state index >= 15 is 0 Å². The van der Waals surface area contributed by atoms with E-state index in [0.717, 1.165) is 51.1 Å². The number of aliphatic imine (C=N–C) groups is 1. The number of halogens is 1. The van der Waals surface area contributed by atoms with Gasteiger partial charge in [0.25, 0.3) is 0 Å². The van der Waals surface area contributed by atoms with Crippen molar-refractivity contribution in [2.24, 2.45) is 4.99 Å². The molecule has 0 aromatic heterocycles. The number of nitrogens with zero attached hydrogens (tertiary/aromatic N) is 2. The van der Waals surface area contributed by atoms with E-state index in [0.29, 0.717) is 0 Å². The summed E-state index contributed by atoms with van der Waals surface area (Å²) in [5.74, 6) is 1.75. The molecule has 28 heavy (non-hydrogen) atoms. The fourth-order valence-electron chi connectivity index (χ4n) is 4.25. The molecular weight excluding hydrogens is 467 g/mol. The van der Waals surface area contributed by atoms with Gasteiger partial charge in [-0.3, -0.25) is 9.89 Å². The van der Waals surface area contributed by atoms with Gasteiger partial charge < -0.3 is 20.1 Å². The number of guanidine groups is 1. The predicted molar refractivity (Wildman–Crippen MR) is 125 cm³/mol. The highest BCUT2D eigenvalue weighted by molar-refractivity contribution is 14.0. The lowest BCUT2D eigenvalue weighted by Crippen LogP contribution is -2.60. The highest BCUT2D eigenvalue weighted by Crippen LogP contribution is 2.33. The Morgan fingerprint density at radius 3 is 2.39 bits per heavy atom. The number of methoxy groups -OCH3 is 1. The highest BCUT2D eigenvalue weighted by Gasteiger charge is 2.38. The van der Waals surface area contributed by atoms with E-state index in [4.69, 9.17) is 9.47 Å². The monoisotopic (exact) mass is 502 g/mol. The molecule has 1 aliphatic heterocycles. The molecule has 0 bridgehead atoms. The first kappa shape index (κ1) is 23.2. The maximum absolute atomic E-state index is 5.58. The largest absolute Gasteiger partial charge is 0.497 e. The molecule has 2 N–H and O–H groups in total. The molecule has 0 amide bonds. The maximum atomic E-state index is 5.58. The van der Waals surface area contributed by atoms with Crippen LogP contribution >= 0.6 is 24.0 Å². The summed E-state index contributed by atoms with van der Waals surface area (Å²) in [6.45, 7) is 5.47. The minimum atomic E-state index is 0. The SMILES string of the molecule is CN=C(NCc1ccc(OC)cc1)NCC1(N2CCOCC2)CCCCC1.I. The summed E-state index contributed by atoms with van der Waals surface area (Å²) in [4.78, 5) is 7.08. The van der Waals surface area contributed by atoms with E-state index in [2.05, 4.69) is 32.7 Å². The molecule has 1 aromatic rings. The minimum absolute atomic E-state index is 0. The van der Waals surface area contributed by atoms with Crippen molar-refractivity contribution in [2.45, 2.75) is 44.2 Å². The van der Waals surface area contributed by atoms with Gasteiger partial charge in [-0.05, 0) is 30.5 Å². The number of benzene rings is 1. The van der Waals surface area contributed by atoms with Gasteiger partial charge in [0.05, 0.1) is 20.3 Å². The van der Waals surface area contributed by atoms with E-state index in [-0.39, 0.29) is 29.5 Å². The standard InChI is InChI=1S/C21H34N4O2.HI/c1-22-20(23-16-18-6-8-19(26-2)9-7-18)24-17-21(10-4-3-5-11-21)25-12-14-27-15-13-25;/h6-9H,3-5,10-17H2,1-2H3,(H2,22,23,24);1H. The number of nitrogens with one attached hydrogen (secondary N) is 2. The van der Waals surface area contributed by atoms with Crippen molar-refractivity contribution in [1.29, 1.82) is 0 Å². The van der Waals surface area contributed by atoms with Crippen molar-refractivity contribution in [2.75, 3.05) is 47.0 Å². The lowest BCUT2D eigenvalue weighted by atomic mass is 9.80. The second kappa shape index (κ2) is 11.8. The number of morpholine rings is 1. The molecule has 2 aliphatic rings. The molecule has 0 atom stereocenters. The van der Waals surface area contributed by atoms with Crippen LogP contribution in [-0.4, -0.2) is 63.4 Å². The Balaban J connectivity index is 0.00000280. The van der Waals surface area contributed by atoms with Gasteiger partial charge in [-0.15, -0.1) is 24.0 Å². The fourth-order valence-corrected chi connectivity index (χ4v) is 4.25. The first-order chi connectivity index (χ1) is 13.3. The van der Waals surface area contributed by atoms with Gasteiger partial charge >= 0.3 is 0 Å². The second-order valence-corrected chi connectivity index (χ2v) is 7.51. The van der Waals surface area contributed by atoms with Crippen molar-refractivity contribution >= 4 is 29.9 Å². The van der Waals surface area contributed by atoms with Crippen molar-refractivity contribution in [3.63, 3.8) is 0 Å². The number of ether oxygens (including phenoxy) is 2. The van der Waals surface area contributed by atoms with Crippen molar-refractivity contribution < 1.29 is 9.47 Å². The quantitative estimate of drug-likeness (QED) is 0.356. The Morgan fingerprint density at radius 2 is 1.79 bits per heavy atom. The summed E-state index contributed by atoms with van der Waals surface area (Å²) in [7, 11) is 3.53. The molecular formula is C21H35IN4O2. The third-order valence-electron chi connectivity index (χ3n) is 5.89. The molecule has 0 unspecified atom stereocenters. The second-order valence-electron chi connectivity index (χ2n) is 7.51. The topological polar surface area (TPSA) is 58.1 Å². The number of rotatable bonds is 6. The Bertz CT molecular complexity index is 597. The van der Waals surface area contributed by atoms with Crippen LogP contribution in [0.3, 0.4) is 0 Å². The zero-order valence-electron chi connectivity index (χ0n) is 17.2. The van der Waals surface area contributed by atoms with Crippen molar-refractivity contribution in [3.8, 4) is 5.75 Å². The zero-order valence-corrected chi connectivity index (χ0v) is 19.5. The lowest BCUT2D eigenvalue weighted by molar-refractivity contribution is -0.0352. The van der Waals surface area contributed by atoms with Crippen molar-refractivity contribution in [1.82, 2.24) is 15.5 Å². The summed E-state index contributed by atoms with van der Waals surface area (Å²) >= 11 is 0. The van der Waals surface area contributed by atoms with Crippen LogP contribution in [0, 0.1) is 0 Å². The molecule has 1 aliphatic carbocycles. The number of hydrogen-bond acceptors (Lipinski definition) is 4. The third kappa shape index (κ3) is 6.22. The molecule has 1 aromatic carbocycles. The Kier molecular flexibility index (Phi) is 9.81. The van der Waals surface area contributed by atoms with Crippen molar-refractivity contribution in [3.05, 3.63) is 29.8 Å². The molecule has 0 radical (unpaired) electrons. The summed E-state index contributed by atoms with van der Waals surface area (Å²) < 4.78 is 10.8. The molecule has 158 valence electrons. The minimum Gasteiger partial charge on any atom is -0.497 e. The predicted octanol–water partition coefficient (Wildman–Crippen LogP) is 3.01. The smallest absolute Gasteiger partial charge is 0.191 e. The number of hydrogen-bond donors (Lipinski definition) is 2. The molecule has 7 heteroatoms. The van der Waals surface area contributed by atoms with E-state index in [9.17, 15) is 0 Å². The van der Waals surface area contributed by atoms with Crippen LogP contribution < -0.4 is 15.4 Å². The van der Waals surface area contributed by atoms with E-state index in [1.54, 1.807) is 7.11 Å². The van der Waals surface area contributed by atoms with Crippen LogP contribution in [0.25, 0.3) is 0 Å². The Hall–Kier alpha value is -1.06. The van der Waals surface area contributed by atoms with Gasteiger partial charge in [0.1, 0.15) is 5.75 Å². The van der Waals surface area contributed by atoms with E-state index < -0.39 is 0 Å². The molecule has 2 fully saturated rings. The van der Waals surface area contributed by atoms with Gasteiger partial charge in [0, 0.05) is 38.8 Å². The Morgan fingerprint density at radius 1 is 1.11 bits per heavy atom. The average Bonchev–Trinajstić information content (AvgIpc) is 2.75. The molecule has 1 saturated carbocycles. The van der Waals surface area contributed by atoms with Crippen LogP contribution in [-0.2, 0) is 11.3 Å². The molecule has 6 nitrogen and oxygen atoms in total. The van der Waals surface area contributed by atoms with Gasteiger partial charge in [-0.25, -0.2) is 0 Å². The summed E-state index contributed by atoms with van der Waals surface area (Å²) in [5.41, 5.74) is 1.44. The van der Waals surface area contributed by atoms with Gasteiger partial charge in [0.2, 0.25) is 0 Å². The summed E-state index contributed by atoms with van der Waals surface area (Å²) in [5, 5.41) is 7.04. The molecule has 1 saturated heterocycles. The fraction of sp³-hybridized carbons (Fsp3) is 0.667. The van der Waals surface area contributed by atoms with Gasteiger partial charge in [-0.1, -0.05) is 31.4 Å². The normalized spacial score (nSPS) is 20.1. The zero-order chi connectivity index (χ0) is 19.0. The van der Waals surface area contributed by atoms with Crippen LogP contribution in [0.15, 0.2) is 29.3 Å². The van der Waals surface area contributed by atoms with E-state index in [1.807, 2.05) is 19.2 Å². The lowest BCUT2D eigenvalue weighted by Gasteiger charge is -2.48. The van der Waals surface area contributed by atoms with Gasteiger partial charge in [-0.2, -0.15) is 0 Å². The van der Waals surface area contributed by atoms with Crippen LogP contribution in [0.1, 0.15) is 37.7 Å².